The second-order valence-corrected chi connectivity index (χ2v) is 4.47. The van der Waals surface area contributed by atoms with Crippen LogP contribution in [0.5, 0.6) is 0 Å². The van der Waals surface area contributed by atoms with Crippen molar-refractivity contribution in [2.45, 2.75) is 6.92 Å². The lowest BCUT2D eigenvalue weighted by Crippen LogP contribution is -2.27. The molecule has 1 amide bonds. The van der Waals surface area contributed by atoms with Gasteiger partial charge in [-0.05, 0) is 19.1 Å². The summed E-state index contributed by atoms with van der Waals surface area (Å²) < 4.78 is 4.98. The van der Waals surface area contributed by atoms with E-state index < -0.39 is 11.9 Å². The van der Waals surface area contributed by atoms with Crippen LogP contribution in [-0.2, 0) is 14.3 Å². The molecule has 1 N–H and O–H groups in total. The molecule has 1 aromatic carbocycles. The van der Waals surface area contributed by atoms with Crippen molar-refractivity contribution < 1.29 is 14.3 Å². The van der Waals surface area contributed by atoms with Gasteiger partial charge in [0, 0.05) is 13.6 Å². The van der Waals surface area contributed by atoms with Crippen LogP contribution >= 0.6 is 0 Å². The van der Waals surface area contributed by atoms with Gasteiger partial charge >= 0.3 is 5.97 Å². The third kappa shape index (κ3) is 2.96. The topological polar surface area (TPSA) is 71.0 Å². The van der Waals surface area contributed by atoms with Gasteiger partial charge in [-0.1, -0.05) is 18.2 Å². The normalized spacial score (nSPS) is 20.3. The molecule has 1 fully saturated rings. The van der Waals surface area contributed by atoms with E-state index in [0.717, 1.165) is 5.69 Å². The molecule has 1 heterocycles. The van der Waals surface area contributed by atoms with E-state index in [0.29, 0.717) is 6.54 Å². The highest BCUT2D eigenvalue weighted by Crippen LogP contribution is 2.16. The number of rotatable bonds is 4. The maximum atomic E-state index is 12.0. The molecule has 0 spiro atoms. The van der Waals surface area contributed by atoms with Crippen LogP contribution in [0, 0.1) is 5.92 Å². The lowest BCUT2D eigenvalue weighted by Gasteiger charge is -2.08. The zero-order valence-electron chi connectivity index (χ0n) is 11.5. The van der Waals surface area contributed by atoms with E-state index in [1.165, 1.54) is 4.90 Å². The van der Waals surface area contributed by atoms with E-state index >= 15 is 0 Å². The Labute approximate surface area is 117 Å². The SMILES string of the molecule is CCOC(=O)C1CN(C)C(=O)C1=NNc1ccccc1. The minimum absolute atomic E-state index is 0.190. The zero-order chi connectivity index (χ0) is 14.5. The maximum absolute atomic E-state index is 12.0. The summed E-state index contributed by atoms with van der Waals surface area (Å²) in [5.74, 6) is -1.31. The second-order valence-electron chi connectivity index (χ2n) is 4.47. The van der Waals surface area contributed by atoms with Gasteiger partial charge in [0.1, 0.15) is 11.6 Å². The van der Waals surface area contributed by atoms with Gasteiger partial charge in [0.05, 0.1) is 12.3 Å². The number of carbonyl (C=O) groups excluding carboxylic acids is 2. The fraction of sp³-hybridized carbons (Fsp3) is 0.357. The fourth-order valence-electron chi connectivity index (χ4n) is 1.98. The Morgan fingerprint density at radius 3 is 2.80 bits per heavy atom. The number of hydrogen-bond donors (Lipinski definition) is 1. The van der Waals surface area contributed by atoms with Crippen LogP contribution in [0.25, 0.3) is 0 Å². The number of hydrazone groups is 1. The predicted octanol–water partition coefficient (Wildman–Crippen LogP) is 1.11. The number of likely N-dealkylation sites (tertiary alicyclic amines) is 1. The third-order valence-electron chi connectivity index (χ3n) is 3.00. The van der Waals surface area contributed by atoms with Crippen LogP contribution in [0.4, 0.5) is 5.69 Å². The number of esters is 1. The van der Waals surface area contributed by atoms with Crippen LogP contribution in [0.3, 0.4) is 0 Å². The van der Waals surface area contributed by atoms with Crippen LogP contribution in [0.2, 0.25) is 0 Å². The average molecular weight is 275 g/mol. The second kappa shape index (κ2) is 6.18. The first kappa shape index (κ1) is 14.0. The zero-order valence-corrected chi connectivity index (χ0v) is 11.5. The number of hydrogen-bond acceptors (Lipinski definition) is 5. The number of amides is 1. The van der Waals surface area contributed by atoms with Crippen LogP contribution in [0.1, 0.15) is 6.92 Å². The van der Waals surface area contributed by atoms with E-state index in [1.54, 1.807) is 14.0 Å². The summed E-state index contributed by atoms with van der Waals surface area (Å²) in [7, 11) is 1.64. The molecule has 0 bridgehead atoms. The molecule has 1 aliphatic rings. The molecule has 1 saturated heterocycles. The molecule has 1 atom stereocenters. The number of benzene rings is 1. The Bertz CT molecular complexity index is 528. The number of ether oxygens (including phenoxy) is 1. The summed E-state index contributed by atoms with van der Waals surface area (Å²) in [5.41, 5.74) is 3.74. The van der Waals surface area contributed by atoms with Gasteiger partial charge in [0.2, 0.25) is 0 Å². The molecule has 6 heteroatoms. The van der Waals surface area contributed by atoms with Gasteiger partial charge in [-0.15, -0.1) is 0 Å². The third-order valence-corrected chi connectivity index (χ3v) is 3.00. The fourth-order valence-corrected chi connectivity index (χ4v) is 1.98. The predicted molar refractivity (Wildman–Crippen MR) is 75.3 cm³/mol. The van der Waals surface area contributed by atoms with E-state index in [4.69, 9.17) is 4.74 Å². The average Bonchev–Trinajstić information content (AvgIpc) is 2.74. The summed E-state index contributed by atoms with van der Waals surface area (Å²) in [6, 6.07) is 9.25. The van der Waals surface area contributed by atoms with Gasteiger partial charge in [-0.2, -0.15) is 5.10 Å². The van der Waals surface area contributed by atoms with Crippen LogP contribution in [0.15, 0.2) is 35.4 Å². The van der Waals surface area contributed by atoms with Crippen molar-refractivity contribution in [3.63, 3.8) is 0 Å². The van der Waals surface area contributed by atoms with Gasteiger partial charge in [-0.25, -0.2) is 0 Å². The smallest absolute Gasteiger partial charge is 0.317 e. The first-order chi connectivity index (χ1) is 9.63. The number of carbonyl (C=O) groups is 2. The largest absolute Gasteiger partial charge is 0.465 e. The first-order valence-electron chi connectivity index (χ1n) is 6.44. The standard InChI is InChI=1S/C14H17N3O3/c1-3-20-14(19)11-9-17(2)13(18)12(11)16-15-10-7-5-4-6-8-10/h4-8,11,15H,3,9H2,1-2H3. The van der Waals surface area contributed by atoms with E-state index in [2.05, 4.69) is 10.5 Å². The highest BCUT2D eigenvalue weighted by Gasteiger charge is 2.40. The van der Waals surface area contributed by atoms with Gasteiger partial charge in [0.25, 0.3) is 5.91 Å². The van der Waals surface area contributed by atoms with Crippen molar-refractivity contribution in [1.29, 1.82) is 0 Å². The van der Waals surface area contributed by atoms with Crippen molar-refractivity contribution in [3.05, 3.63) is 30.3 Å². The molecular weight excluding hydrogens is 258 g/mol. The lowest BCUT2D eigenvalue weighted by atomic mass is 10.1. The molecule has 0 aromatic heterocycles. The van der Waals surface area contributed by atoms with Gasteiger partial charge in [0.15, 0.2) is 0 Å². The molecule has 2 rings (SSSR count). The number of nitrogens with one attached hydrogen (secondary N) is 1. The molecule has 0 radical (unpaired) electrons. The molecule has 1 unspecified atom stereocenters. The molecule has 1 aromatic rings. The summed E-state index contributed by atoms with van der Waals surface area (Å²) in [6.45, 7) is 2.32. The van der Waals surface area contributed by atoms with Crippen molar-refractivity contribution in [3.8, 4) is 0 Å². The van der Waals surface area contributed by atoms with Crippen LogP contribution in [-0.4, -0.2) is 42.7 Å². The minimum Gasteiger partial charge on any atom is -0.465 e. The Hall–Kier alpha value is -2.37. The molecule has 106 valence electrons. The quantitative estimate of drug-likeness (QED) is 0.660. The Morgan fingerprint density at radius 1 is 1.45 bits per heavy atom. The lowest BCUT2D eigenvalue weighted by molar-refractivity contribution is -0.145. The summed E-state index contributed by atoms with van der Waals surface area (Å²) in [6.07, 6.45) is 0. The van der Waals surface area contributed by atoms with Crippen molar-refractivity contribution in [2.75, 3.05) is 25.6 Å². The maximum Gasteiger partial charge on any atom is 0.317 e. The first-order valence-corrected chi connectivity index (χ1v) is 6.44. The molecule has 0 saturated carbocycles. The number of para-hydroxylation sites is 1. The summed E-state index contributed by atoms with van der Waals surface area (Å²) in [4.78, 5) is 25.3. The number of nitrogens with zero attached hydrogens (tertiary/aromatic N) is 2. The Morgan fingerprint density at radius 2 is 2.15 bits per heavy atom. The minimum atomic E-state index is -0.635. The van der Waals surface area contributed by atoms with Crippen molar-refractivity contribution >= 4 is 23.3 Å². The van der Waals surface area contributed by atoms with Crippen LogP contribution < -0.4 is 5.43 Å². The van der Waals surface area contributed by atoms with Gasteiger partial charge in [-0.3, -0.25) is 15.0 Å². The van der Waals surface area contributed by atoms with E-state index in [1.807, 2.05) is 30.3 Å². The summed E-state index contributed by atoms with van der Waals surface area (Å²) in [5, 5.41) is 4.08. The molecule has 6 nitrogen and oxygen atoms in total. The molecule has 0 aliphatic carbocycles. The highest BCUT2D eigenvalue weighted by molar-refractivity contribution is 6.44. The molecule has 20 heavy (non-hydrogen) atoms. The number of anilines is 1. The molecule has 1 aliphatic heterocycles. The van der Waals surface area contributed by atoms with Gasteiger partial charge < -0.3 is 9.64 Å². The van der Waals surface area contributed by atoms with E-state index in [-0.39, 0.29) is 18.2 Å². The Kier molecular flexibility index (Phi) is 4.34. The monoisotopic (exact) mass is 275 g/mol. The van der Waals surface area contributed by atoms with E-state index in [9.17, 15) is 9.59 Å². The summed E-state index contributed by atoms with van der Waals surface area (Å²) >= 11 is 0. The van der Waals surface area contributed by atoms with Crippen molar-refractivity contribution in [2.24, 2.45) is 11.0 Å². The van der Waals surface area contributed by atoms with Crippen molar-refractivity contribution in [1.82, 2.24) is 4.90 Å². The Balaban J connectivity index is 2.17. The molecular formula is C14H17N3O3. The highest BCUT2D eigenvalue weighted by atomic mass is 16.5.